The van der Waals surface area contributed by atoms with Crippen LogP contribution in [0.5, 0.6) is 0 Å². The second kappa shape index (κ2) is 8.84. The lowest BCUT2D eigenvalue weighted by Crippen LogP contribution is -2.74. The van der Waals surface area contributed by atoms with Gasteiger partial charge in [-0.05, 0) is 41.5 Å². The van der Waals surface area contributed by atoms with E-state index in [1.807, 2.05) is 0 Å². The van der Waals surface area contributed by atoms with Gasteiger partial charge in [0.2, 0.25) is 0 Å². The summed E-state index contributed by atoms with van der Waals surface area (Å²) in [4.78, 5) is 0. The maximum absolute atomic E-state index is 15.1. The van der Waals surface area contributed by atoms with Crippen LogP contribution in [0.25, 0.3) is 0 Å². The third kappa shape index (κ3) is 4.15. The number of hydrogen-bond donors (Lipinski definition) is 0. The van der Waals surface area contributed by atoms with Crippen molar-refractivity contribution in [2.45, 2.75) is 52.6 Å². The van der Waals surface area contributed by atoms with E-state index in [0.717, 1.165) is 0 Å². The highest BCUT2D eigenvalue weighted by Crippen LogP contribution is 2.22. The van der Waals surface area contributed by atoms with Crippen molar-refractivity contribution in [1.29, 1.82) is 0 Å². The van der Waals surface area contributed by atoms with E-state index in [4.69, 9.17) is 0 Å². The first kappa shape index (κ1) is 27.6. The molecule has 0 aliphatic heterocycles. The van der Waals surface area contributed by atoms with Crippen LogP contribution < -0.4 is 21.2 Å². The molecule has 13 heteroatoms. The lowest BCUT2D eigenvalue weighted by atomic mass is 9.38. The van der Waals surface area contributed by atoms with Crippen LogP contribution in [-0.2, 0) is 11.1 Å². The molecule has 0 aliphatic rings. The summed E-state index contributed by atoms with van der Waals surface area (Å²) >= 11 is 0. The van der Waals surface area contributed by atoms with Crippen molar-refractivity contribution in [1.82, 2.24) is 4.57 Å². The van der Waals surface area contributed by atoms with Crippen molar-refractivity contribution in [2.75, 3.05) is 0 Å². The molecule has 0 aliphatic carbocycles. The fraction of sp³-hybridized carbons (Fsp3) is 0.348. The van der Waals surface area contributed by atoms with Gasteiger partial charge in [-0.25, -0.2) is 43.9 Å². The number of hydrogen-bond acceptors (Lipinski definition) is 0. The van der Waals surface area contributed by atoms with Crippen LogP contribution in [0.15, 0.2) is 12.4 Å². The van der Waals surface area contributed by atoms with Gasteiger partial charge in [-0.3, -0.25) is 9.13 Å². The fourth-order valence-corrected chi connectivity index (χ4v) is 4.40. The molecular formula is C23H21BF10N2. The molecule has 0 fully saturated rings. The molecule has 36 heavy (non-hydrogen) atoms. The number of aromatic nitrogens is 2. The minimum atomic E-state index is -3.89. The topological polar surface area (TPSA) is 8.81 Å². The lowest BCUT2D eigenvalue weighted by molar-refractivity contribution is -0.738. The molecule has 0 radical (unpaired) electrons. The summed E-state index contributed by atoms with van der Waals surface area (Å²) in [6.45, 7) is 5.42. The Labute approximate surface area is 200 Å². The average molecular weight is 526 g/mol. The molecule has 2 aromatic carbocycles. The van der Waals surface area contributed by atoms with E-state index >= 15 is 17.6 Å². The van der Waals surface area contributed by atoms with Crippen molar-refractivity contribution in [3.05, 3.63) is 70.6 Å². The first-order chi connectivity index (χ1) is 16.3. The van der Waals surface area contributed by atoms with Crippen LogP contribution >= 0.6 is 0 Å². The van der Waals surface area contributed by atoms with Crippen molar-refractivity contribution < 1.29 is 48.5 Å². The van der Waals surface area contributed by atoms with Crippen molar-refractivity contribution in [2.24, 2.45) is 0 Å². The highest BCUT2D eigenvalue weighted by Gasteiger charge is 2.41. The van der Waals surface area contributed by atoms with Gasteiger partial charge in [0.15, 0.2) is 41.6 Å². The Morgan fingerprint density at radius 2 is 0.861 bits per heavy atom. The molecule has 0 atom stereocenters. The van der Waals surface area contributed by atoms with Crippen LogP contribution in [0, 0.1) is 58.2 Å². The Bertz CT molecular complexity index is 1210. The molecule has 0 saturated heterocycles. The van der Waals surface area contributed by atoms with Gasteiger partial charge in [-0.2, -0.15) is 0 Å². The molecule has 0 saturated carbocycles. The molecule has 0 N–H and O–H groups in total. The Morgan fingerprint density at radius 3 is 1.14 bits per heavy atom. The van der Waals surface area contributed by atoms with Crippen molar-refractivity contribution in [3.63, 3.8) is 0 Å². The number of nitrogens with zero attached hydrogens (tertiary/aromatic N) is 2. The quantitative estimate of drug-likeness (QED) is 0.161. The third-order valence-corrected chi connectivity index (χ3v) is 5.99. The second-order valence-corrected chi connectivity index (χ2v) is 10.4. The summed E-state index contributed by atoms with van der Waals surface area (Å²) in [7, 11) is 0. The van der Waals surface area contributed by atoms with Crippen LogP contribution in [-0.4, -0.2) is 11.3 Å². The van der Waals surface area contributed by atoms with Crippen LogP contribution in [0.2, 0.25) is 0 Å². The van der Waals surface area contributed by atoms with E-state index in [0.29, 0.717) is 0 Å². The summed E-state index contributed by atoms with van der Waals surface area (Å²) < 4.78 is 148. The first-order valence-electron chi connectivity index (χ1n) is 10.7. The molecule has 1 aromatic heterocycles. The van der Waals surface area contributed by atoms with Gasteiger partial charge in [0, 0.05) is 0 Å². The van der Waals surface area contributed by atoms with Gasteiger partial charge >= 0.3 is 0 Å². The molecule has 3 rings (SSSR count). The number of halogens is 10. The predicted molar refractivity (Wildman–Crippen MR) is 113 cm³/mol. The minimum absolute atomic E-state index is 0.415. The molecule has 0 unspecified atom stereocenters. The normalized spacial score (nSPS) is 12.7. The molecule has 0 spiro atoms. The Kier molecular flexibility index (Phi) is 6.78. The number of imidazole rings is 1. The Morgan fingerprint density at radius 1 is 0.556 bits per heavy atom. The van der Waals surface area contributed by atoms with Gasteiger partial charge in [0.05, 0.1) is 16.8 Å². The first-order valence-corrected chi connectivity index (χ1v) is 10.7. The summed E-state index contributed by atoms with van der Waals surface area (Å²) in [5.74, 6) is -24.6. The second-order valence-electron chi connectivity index (χ2n) is 10.4. The van der Waals surface area contributed by atoms with Crippen LogP contribution in [0.1, 0.15) is 41.5 Å². The van der Waals surface area contributed by atoms with Crippen molar-refractivity contribution in [3.8, 4) is 0 Å². The predicted octanol–water partition coefficient (Wildman–Crippen LogP) is 3.93. The van der Waals surface area contributed by atoms with Crippen LogP contribution in [0.4, 0.5) is 43.9 Å². The molecule has 3 aromatic rings. The van der Waals surface area contributed by atoms with Crippen molar-refractivity contribution >= 4 is 23.4 Å². The van der Waals surface area contributed by atoms with Gasteiger partial charge in [0.25, 0.3) is 0 Å². The van der Waals surface area contributed by atoms with E-state index < -0.39 is 92.6 Å². The zero-order valence-corrected chi connectivity index (χ0v) is 20.0. The summed E-state index contributed by atoms with van der Waals surface area (Å²) in [6, 6.07) is 0. The zero-order chi connectivity index (χ0) is 27.7. The van der Waals surface area contributed by atoms with E-state index in [1.54, 1.807) is 41.5 Å². The smallest absolute Gasteiger partial charge is 0.200 e. The maximum Gasteiger partial charge on any atom is 0.200 e. The fourth-order valence-electron chi connectivity index (χ4n) is 4.40. The Hall–Kier alpha value is -2.99. The Balaban J connectivity index is 2.70. The van der Waals surface area contributed by atoms with Gasteiger partial charge < -0.3 is 0 Å². The van der Waals surface area contributed by atoms with Gasteiger partial charge in [-0.1, -0.05) is 0 Å². The monoisotopic (exact) mass is 526 g/mol. The van der Waals surface area contributed by atoms with Crippen LogP contribution in [0.3, 0.4) is 0 Å². The third-order valence-electron chi connectivity index (χ3n) is 5.99. The molecule has 2 nitrogen and oxygen atoms in total. The molecule has 0 bridgehead atoms. The highest BCUT2D eigenvalue weighted by atomic mass is 19.2. The summed E-state index contributed by atoms with van der Waals surface area (Å²) in [6.07, 6.45) is 2.64. The lowest BCUT2D eigenvalue weighted by Gasteiger charge is -2.32. The van der Waals surface area contributed by atoms with Gasteiger partial charge in [0.1, 0.15) is 35.7 Å². The molecule has 196 valence electrons. The van der Waals surface area contributed by atoms with E-state index in [-0.39, 0.29) is 0 Å². The molecule has 0 amide bonds. The summed E-state index contributed by atoms with van der Waals surface area (Å²) in [5.41, 5.74) is -5.88. The molecule has 1 heterocycles. The maximum atomic E-state index is 15.1. The zero-order valence-electron chi connectivity index (χ0n) is 20.0. The molecular weight excluding hydrogens is 505 g/mol. The van der Waals surface area contributed by atoms with Gasteiger partial charge in [-0.15, -0.1) is 10.9 Å². The highest BCUT2D eigenvalue weighted by molar-refractivity contribution is 6.94. The standard InChI is InChI=1S/C23H21BF10N2/c1-22(2,3)35-7-8-36(23(4,5)6)21(35)24(9-11(25)15(29)19(33)16(30)12(9)26)10-13(27)17(31)20(34)18(32)14(10)28/h7-8,24H,1-6H3. The number of rotatable bonds is 3. The number of benzene rings is 2. The average Bonchev–Trinajstić information content (AvgIpc) is 3.24. The van der Waals surface area contributed by atoms with E-state index in [2.05, 4.69) is 0 Å². The minimum Gasteiger partial charge on any atom is -0.266 e. The largest absolute Gasteiger partial charge is 0.266 e. The SMILES string of the molecule is CC(C)(C)n1cc[n+](C(C)(C)C)c1[BH-](c1c(F)c(F)c(F)c(F)c1F)c1c(F)c(F)c(F)c(F)c1F. The van der Waals surface area contributed by atoms with E-state index in [9.17, 15) is 26.3 Å². The summed E-state index contributed by atoms with van der Waals surface area (Å²) in [5, 5.41) is 0. The van der Waals surface area contributed by atoms with E-state index in [1.165, 1.54) is 21.5 Å².